The number of carbonyl (C=O) groups is 3. The van der Waals surface area contributed by atoms with Crippen LogP contribution in [0.2, 0.25) is 0 Å². The summed E-state index contributed by atoms with van der Waals surface area (Å²) in [6.45, 7) is 6.76. The normalized spacial score (nSPS) is 20.3. The number of hydrogen-bond acceptors (Lipinski definition) is 3. The van der Waals surface area contributed by atoms with E-state index in [2.05, 4.69) is 10.6 Å². The van der Waals surface area contributed by atoms with Gasteiger partial charge < -0.3 is 15.5 Å². The molecule has 0 unspecified atom stereocenters. The third-order valence-electron chi connectivity index (χ3n) is 4.60. The molecule has 1 heterocycles. The van der Waals surface area contributed by atoms with Crippen LogP contribution in [0, 0.1) is 12.8 Å². The van der Waals surface area contributed by atoms with Gasteiger partial charge in [0.1, 0.15) is 0 Å². The molecule has 6 nitrogen and oxygen atoms in total. The van der Waals surface area contributed by atoms with Crippen LogP contribution in [-0.2, 0) is 14.4 Å². The van der Waals surface area contributed by atoms with Gasteiger partial charge in [-0.2, -0.15) is 0 Å². The van der Waals surface area contributed by atoms with E-state index in [1.54, 1.807) is 4.90 Å². The van der Waals surface area contributed by atoms with Crippen molar-refractivity contribution in [2.45, 2.75) is 39.7 Å². The van der Waals surface area contributed by atoms with Crippen LogP contribution in [0.5, 0.6) is 0 Å². The number of amides is 3. The van der Waals surface area contributed by atoms with Gasteiger partial charge in [-0.05, 0) is 25.8 Å². The minimum Gasteiger partial charge on any atom is -0.355 e. The minimum absolute atomic E-state index is 0.0677. The number of aryl methyl sites for hydroxylation is 1. The predicted octanol–water partition coefficient (Wildman–Crippen LogP) is 1.55. The van der Waals surface area contributed by atoms with E-state index in [0.717, 1.165) is 11.1 Å². The zero-order chi connectivity index (χ0) is 18.4. The van der Waals surface area contributed by atoms with Crippen molar-refractivity contribution >= 4 is 17.7 Å². The molecule has 1 aliphatic heterocycles. The molecule has 0 bridgehead atoms. The number of nitrogens with zero attached hydrogens (tertiary/aromatic N) is 1. The van der Waals surface area contributed by atoms with Crippen molar-refractivity contribution in [3.05, 3.63) is 35.4 Å². The van der Waals surface area contributed by atoms with Crippen LogP contribution in [0.15, 0.2) is 24.3 Å². The Balaban J connectivity index is 2.15. The first-order chi connectivity index (χ1) is 11.9. The second kappa shape index (κ2) is 8.65. The summed E-state index contributed by atoms with van der Waals surface area (Å²) >= 11 is 0. The Labute approximate surface area is 149 Å². The van der Waals surface area contributed by atoms with Gasteiger partial charge in [0.15, 0.2) is 0 Å². The van der Waals surface area contributed by atoms with E-state index in [1.165, 1.54) is 6.92 Å². The molecule has 6 heteroatoms. The molecular weight excluding hydrogens is 318 g/mol. The molecule has 25 heavy (non-hydrogen) atoms. The zero-order valence-electron chi connectivity index (χ0n) is 15.2. The third-order valence-corrected chi connectivity index (χ3v) is 4.60. The molecule has 1 saturated heterocycles. The summed E-state index contributed by atoms with van der Waals surface area (Å²) in [6.07, 6.45) is 0.930. The first kappa shape index (κ1) is 19.0. The van der Waals surface area contributed by atoms with E-state index in [4.69, 9.17) is 0 Å². The second-order valence-corrected chi connectivity index (χ2v) is 6.45. The maximum Gasteiger partial charge on any atom is 0.225 e. The molecule has 1 fully saturated rings. The number of benzene rings is 1. The summed E-state index contributed by atoms with van der Waals surface area (Å²) < 4.78 is 0. The maximum atomic E-state index is 12.7. The average Bonchev–Trinajstić information content (AvgIpc) is 2.58. The van der Waals surface area contributed by atoms with E-state index < -0.39 is 0 Å². The molecule has 136 valence electrons. The van der Waals surface area contributed by atoms with Crippen molar-refractivity contribution in [1.29, 1.82) is 0 Å². The van der Waals surface area contributed by atoms with Gasteiger partial charge in [0.2, 0.25) is 17.7 Å². The second-order valence-electron chi connectivity index (χ2n) is 6.45. The molecule has 0 aromatic heterocycles. The van der Waals surface area contributed by atoms with Crippen LogP contribution in [0.1, 0.15) is 43.9 Å². The first-order valence-electron chi connectivity index (χ1n) is 8.82. The van der Waals surface area contributed by atoms with Crippen LogP contribution >= 0.6 is 0 Å². The Morgan fingerprint density at radius 1 is 1.16 bits per heavy atom. The topological polar surface area (TPSA) is 78.5 Å². The van der Waals surface area contributed by atoms with Gasteiger partial charge in [-0.15, -0.1) is 0 Å². The summed E-state index contributed by atoms with van der Waals surface area (Å²) in [6, 6.07) is 7.77. The molecule has 3 amide bonds. The van der Waals surface area contributed by atoms with Crippen molar-refractivity contribution in [3.63, 3.8) is 0 Å². The lowest BCUT2D eigenvalue weighted by Crippen LogP contribution is -2.48. The molecular formula is C19H27N3O3. The summed E-state index contributed by atoms with van der Waals surface area (Å²) in [7, 11) is 0. The van der Waals surface area contributed by atoms with E-state index in [-0.39, 0.29) is 29.7 Å². The van der Waals surface area contributed by atoms with Crippen LogP contribution in [0.25, 0.3) is 0 Å². The van der Waals surface area contributed by atoms with E-state index >= 15 is 0 Å². The van der Waals surface area contributed by atoms with Crippen molar-refractivity contribution in [1.82, 2.24) is 15.5 Å². The highest BCUT2D eigenvalue weighted by Gasteiger charge is 2.39. The van der Waals surface area contributed by atoms with Crippen LogP contribution in [0.4, 0.5) is 0 Å². The Hall–Kier alpha value is -2.37. The lowest BCUT2D eigenvalue weighted by Gasteiger charge is -2.40. The maximum absolute atomic E-state index is 12.7. The fourth-order valence-electron chi connectivity index (χ4n) is 3.33. The summed E-state index contributed by atoms with van der Waals surface area (Å²) in [5, 5.41) is 5.55. The van der Waals surface area contributed by atoms with Gasteiger partial charge in [-0.25, -0.2) is 0 Å². The molecule has 0 radical (unpaired) electrons. The number of carbonyl (C=O) groups excluding carboxylic acids is 3. The lowest BCUT2D eigenvalue weighted by atomic mass is 9.83. The standard InChI is InChI=1S/C19H27N3O3/c1-4-22-17(24)10-9-16(19(25)21-12-11-20-14(3)23)18(22)15-7-5-13(2)6-8-15/h5-8,16,18H,4,9-12H2,1-3H3,(H,20,23)(H,21,25)/t16-,18+/m1/s1. The van der Waals surface area contributed by atoms with Gasteiger partial charge in [-0.1, -0.05) is 29.8 Å². The number of rotatable bonds is 6. The number of hydrogen-bond donors (Lipinski definition) is 2. The molecule has 1 aromatic rings. The number of piperidine rings is 1. The van der Waals surface area contributed by atoms with E-state index in [0.29, 0.717) is 32.5 Å². The molecule has 2 rings (SSSR count). The molecule has 1 aromatic carbocycles. The SMILES string of the molecule is CCN1C(=O)CC[C@@H](C(=O)NCCNC(C)=O)[C@@H]1c1ccc(C)cc1. The number of likely N-dealkylation sites (tertiary alicyclic amines) is 1. The molecule has 0 spiro atoms. The smallest absolute Gasteiger partial charge is 0.225 e. The molecule has 2 atom stereocenters. The zero-order valence-corrected chi connectivity index (χ0v) is 15.2. The Morgan fingerprint density at radius 2 is 1.80 bits per heavy atom. The Kier molecular flexibility index (Phi) is 6.56. The van der Waals surface area contributed by atoms with Crippen molar-refractivity contribution < 1.29 is 14.4 Å². The largest absolute Gasteiger partial charge is 0.355 e. The molecule has 2 N–H and O–H groups in total. The van der Waals surface area contributed by atoms with Crippen molar-refractivity contribution in [2.24, 2.45) is 5.92 Å². The highest BCUT2D eigenvalue weighted by molar-refractivity contribution is 5.85. The third kappa shape index (κ3) is 4.81. The van der Waals surface area contributed by atoms with E-state index in [9.17, 15) is 14.4 Å². The monoisotopic (exact) mass is 345 g/mol. The van der Waals surface area contributed by atoms with Crippen LogP contribution in [0.3, 0.4) is 0 Å². The quantitative estimate of drug-likeness (QED) is 0.768. The lowest BCUT2D eigenvalue weighted by molar-refractivity contribution is -0.143. The Morgan fingerprint density at radius 3 is 2.40 bits per heavy atom. The first-order valence-corrected chi connectivity index (χ1v) is 8.82. The van der Waals surface area contributed by atoms with Crippen LogP contribution < -0.4 is 10.6 Å². The fraction of sp³-hybridized carbons (Fsp3) is 0.526. The molecule has 1 aliphatic rings. The van der Waals surface area contributed by atoms with Gasteiger partial charge in [0.25, 0.3) is 0 Å². The van der Waals surface area contributed by atoms with Gasteiger partial charge in [-0.3, -0.25) is 14.4 Å². The number of nitrogens with one attached hydrogen (secondary N) is 2. The highest BCUT2D eigenvalue weighted by atomic mass is 16.2. The summed E-state index contributed by atoms with van der Waals surface area (Å²) in [4.78, 5) is 37.7. The van der Waals surface area contributed by atoms with Crippen molar-refractivity contribution in [3.8, 4) is 0 Å². The summed E-state index contributed by atoms with van der Waals surface area (Å²) in [5.74, 6) is -0.373. The Bertz CT molecular complexity index is 627. The molecule has 0 saturated carbocycles. The van der Waals surface area contributed by atoms with E-state index in [1.807, 2.05) is 38.1 Å². The molecule has 0 aliphatic carbocycles. The van der Waals surface area contributed by atoms with Crippen molar-refractivity contribution in [2.75, 3.05) is 19.6 Å². The van der Waals surface area contributed by atoms with Gasteiger partial charge in [0.05, 0.1) is 12.0 Å². The van der Waals surface area contributed by atoms with Crippen LogP contribution in [-0.4, -0.2) is 42.3 Å². The average molecular weight is 345 g/mol. The summed E-state index contributed by atoms with van der Waals surface area (Å²) in [5.41, 5.74) is 2.13. The fourth-order valence-corrected chi connectivity index (χ4v) is 3.33. The minimum atomic E-state index is -0.280. The highest BCUT2D eigenvalue weighted by Crippen LogP contribution is 2.36. The van der Waals surface area contributed by atoms with Gasteiger partial charge in [0, 0.05) is 33.0 Å². The van der Waals surface area contributed by atoms with Gasteiger partial charge >= 0.3 is 0 Å². The predicted molar refractivity (Wildman–Crippen MR) is 95.7 cm³/mol.